The molecule has 25 heteroatoms. The van der Waals surface area contributed by atoms with Crippen molar-refractivity contribution >= 4 is 64.8 Å². The van der Waals surface area contributed by atoms with Crippen molar-refractivity contribution in [1.82, 2.24) is 25.8 Å². The third-order valence-electron chi connectivity index (χ3n) is 16.9. The van der Waals surface area contributed by atoms with Crippen LogP contribution in [0.1, 0.15) is 132 Å². The average molecular weight is 1330 g/mol. The lowest BCUT2D eigenvalue weighted by Crippen LogP contribution is -2.53. The Hall–Kier alpha value is -8.62. The van der Waals surface area contributed by atoms with Crippen LogP contribution >= 0.6 is 0 Å². The lowest BCUT2D eigenvalue weighted by atomic mass is 9.96. The van der Waals surface area contributed by atoms with E-state index in [-0.39, 0.29) is 92.4 Å². The first kappa shape index (κ1) is 73.2. The number of benzene rings is 3. The first-order valence-electron chi connectivity index (χ1n) is 33.3. The minimum atomic E-state index is -1.57. The second kappa shape index (κ2) is 37.0. The van der Waals surface area contributed by atoms with Gasteiger partial charge in [0.1, 0.15) is 18.7 Å². The van der Waals surface area contributed by atoms with E-state index in [4.69, 9.17) is 42.6 Å². The highest BCUT2D eigenvalue weighted by Gasteiger charge is 2.46. The van der Waals surface area contributed by atoms with Crippen molar-refractivity contribution in [2.45, 2.75) is 142 Å². The van der Waals surface area contributed by atoms with Gasteiger partial charge in [0.05, 0.1) is 115 Å². The number of nitrogens with one attached hydrogen (secondary N) is 4. The van der Waals surface area contributed by atoms with Gasteiger partial charge in [-0.1, -0.05) is 76.0 Å². The number of aliphatic imine (C=N–C) groups is 1. The van der Waals surface area contributed by atoms with Crippen LogP contribution < -0.4 is 45.1 Å². The normalized spacial score (nSPS) is 18.3. The lowest BCUT2D eigenvalue weighted by molar-refractivity contribution is -0.132. The van der Waals surface area contributed by atoms with Crippen molar-refractivity contribution in [3.63, 3.8) is 0 Å². The Kier molecular flexibility index (Phi) is 28.2. The summed E-state index contributed by atoms with van der Waals surface area (Å²) in [5, 5.41) is 23.3. The Morgan fingerprint density at radius 1 is 0.667 bits per heavy atom. The molecular weight excluding hydrogens is 1240 g/mol. The monoisotopic (exact) mass is 1330 g/mol. The summed E-state index contributed by atoms with van der Waals surface area (Å²) >= 11 is 0. The number of rotatable bonds is 35. The van der Waals surface area contributed by atoms with Gasteiger partial charge in [0, 0.05) is 62.2 Å². The van der Waals surface area contributed by atoms with E-state index in [1.807, 2.05) is 44.4 Å². The SMILES string of the molecule is C/C=C/C1=CN2C(=O)c3cc(OC)c(OCCCOc4cc5c(cc4OC)C(=O)N4C=C(/C=C/C)C[C@H]4[C@H](O)N5C(=O)OCc4ccc(NC(=O)[C@H](C)NC(=O)C(NC(=O)CCOCCOCCOCCOCCNC(=O)CC5CCCCCC5)C(C)C)cc4)cc3N=C[C@@H]2C1. The predicted molar refractivity (Wildman–Crippen MR) is 360 cm³/mol. The molecule has 5 atom stereocenters. The number of amides is 7. The summed E-state index contributed by atoms with van der Waals surface area (Å²) in [6.45, 7) is 11.9. The van der Waals surface area contributed by atoms with E-state index in [0.29, 0.717) is 105 Å². The van der Waals surface area contributed by atoms with Crippen LogP contribution in [0.25, 0.3) is 0 Å². The first-order chi connectivity index (χ1) is 46.5. The largest absolute Gasteiger partial charge is 0.493 e. The van der Waals surface area contributed by atoms with E-state index in [9.17, 15) is 38.7 Å². The average Bonchev–Trinajstić information content (AvgIpc) is 1.59. The fourth-order valence-corrected chi connectivity index (χ4v) is 11.8. The summed E-state index contributed by atoms with van der Waals surface area (Å²) in [4.78, 5) is 103. The maximum atomic E-state index is 14.4. The van der Waals surface area contributed by atoms with Gasteiger partial charge in [-0.2, -0.15) is 0 Å². The topological polar surface area (TPSA) is 293 Å². The highest BCUT2D eigenvalue weighted by atomic mass is 16.6. The molecule has 4 aliphatic heterocycles. The van der Waals surface area contributed by atoms with E-state index < -0.39 is 54.1 Å². The summed E-state index contributed by atoms with van der Waals surface area (Å²) in [6.07, 6.45) is 19.4. The van der Waals surface area contributed by atoms with E-state index in [0.717, 1.165) is 28.9 Å². The van der Waals surface area contributed by atoms with Crippen LogP contribution in [0.4, 0.5) is 21.9 Å². The van der Waals surface area contributed by atoms with Crippen molar-refractivity contribution in [2.75, 3.05) is 97.0 Å². The first-order valence-corrected chi connectivity index (χ1v) is 33.3. The van der Waals surface area contributed by atoms with Gasteiger partial charge in [-0.3, -0.25) is 33.8 Å². The molecule has 5 aliphatic rings. The number of hydrogen-bond donors (Lipinski definition) is 5. The van der Waals surface area contributed by atoms with Crippen LogP contribution in [0.3, 0.4) is 0 Å². The van der Waals surface area contributed by atoms with Crippen molar-refractivity contribution < 1.29 is 81.3 Å². The number of anilines is 2. The van der Waals surface area contributed by atoms with Gasteiger partial charge in [0.25, 0.3) is 11.8 Å². The number of hydrogen-bond acceptors (Lipinski definition) is 18. The summed E-state index contributed by atoms with van der Waals surface area (Å²) in [6, 6.07) is 9.68. The molecular formula is C71H94N8O17. The molecule has 1 aliphatic carbocycles. The number of nitrogens with zero attached hydrogens (tertiary/aromatic N) is 4. The van der Waals surface area contributed by atoms with Gasteiger partial charge in [0.15, 0.2) is 29.2 Å². The zero-order chi connectivity index (χ0) is 68.5. The number of allylic oxidation sites excluding steroid dienone is 4. The van der Waals surface area contributed by atoms with Gasteiger partial charge in [-0.15, -0.1) is 0 Å². The molecule has 520 valence electrons. The molecule has 8 rings (SSSR count). The molecule has 1 unspecified atom stereocenters. The Morgan fingerprint density at radius 3 is 1.90 bits per heavy atom. The van der Waals surface area contributed by atoms with Crippen molar-refractivity contribution in [3.8, 4) is 23.0 Å². The molecule has 1 fully saturated rings. The summed E-state index contributed by atoms with van der Waals surface area (Å²) < 4.78 is 51.8. The number of carbonyl (C=O) groups excluding carboxylic acids is 7. The number of fused-ring (bicyclic) bond motifs is 4. The van der Waals surface area contributed by atoms with Crippen molar-refractivity contribution in [2.24, 2.45) is 16.8 Å². The number of ether oxygens (including phenoxy) is 9. The molecule has 0 saturated heterocycles. The number of carbonyl (C=O) groups is 7. The van der Waals surface area contributed by atoms with Crippen molar-refractivity contribution in [3.05, 3.63) is 113 Å². The summed E-state index contributed by atoms with van der Waals surface area (Å²) in [7, 11) is 2.92. The van der Waals surface area contributed by atoms with Crippen LogP contribution in [0.5, 0.6) is 23.0 Å². The van der Waals surface area contributed by atoms with Crippen LogP contribution in [0, 0.1) is 11.8 Å². The smallest absolute Gasteiger partial charge is 0.416 e. The van der Waals surface area contributed by atoms with Gasteiger partial charge in [-0.25, -0.2) is 9.69 Å². The van der Waals surface area contributed by atoms with Gasteiger partial charge >= 0.3 is 6.09 Å². The Bertz CT molecular complexity index is 3320. The van der Waals surface area contributed by atoms with Crippen LogP contribution in [-0.2, 0) is 49.5 Å². The zero-order valence-electron chi connectivity index (χ0n) is 56.2. The van der Waals surface area contributed by atoms with E-state index in [2.05, 4.69) is 26.3 Å². The second-order valence-corrected chi connectivity index (χ2v) is 24.4. The summed E-state index contributed by atoms with van der Waals surface area (Å²) in [5.74, 6) is -0.768. The Balaban J connectivity index is 0.763. The highest BCUT2D eigenvalue weighted by Crippen LogP contribution is 2.43. The minimum absolute atomic E-state index is 0.000222. The number of aliphatic hydroxyl groups is 1. The molecule has 0 spiro atoms. The van der Waals surface area contributed by atoms with E-state index >= 15 is 0 Å². The molecule has 0 aromatic heterocycles. The maximum Gasteiger partial charge on any atom is 0.416 e. The fourth-order valence-electron chi connectivity index (χ4n) is 11.8. The molecule has 96 heavy (non-hydrogen) atoms. The predicted octanol–water partition coefficient (Wildman–Crippen LogP) is 8.61. The van der Waals surface area contributed by atoms with Crippen LogP contribution in [0.2, 0.25) is 0 Å². The fraction of sp³-hybridized carbons (Fsp3) is 0.521. The molecule has 3 aromatic rings. The Morgan fingerprint density at radius 2 is 1.26 bits per heavy atom. The standard InChI is InChI=1S/C71H94N8O17/c1-8-15-50-35-53-42-73-56-40-61(59(88-6)38-54(56)68(84)77(53)43-50)94-25-14-26-95-62-41-57-55(39-60(62)89-7)69(85)78-44-51(16-9-2)36-58(78)70(86)79(57)71(87)96-45-49-19-21-52(22-20-49)75-66(82)47(5)74-67(83)65(46(3)4)76-63(80)23-27-90-29-31-92-33-34-93-32-30-91-28-24-72-64(81)37-48-17-12-10-11-13-18-48/h8-9,15-16,19-22,38-44,46-48,53,58,65,70,86H,10-14,17-18,23-37,45H2,1-7H3,(H,72,81)(H,74,83)(H,75,82)(H,76,80)/b15-8+,16-9+/t47-,53-,58-,65?,70-/m0/s1. The third-order valence-corrected chi connectivity index (χ3v) is 16.9. The molecule has 3 aromatic carbocycles. The molecule has 25 nitrogen and oxygen atoms in total. The number of aliphatic hydroxyl groups excluding tert-OH is 1. The minimum Gasteiger partial charge on any atom is -0.493 e. The van der Waals surface area contributed by atoms with Crippen LogP contribution in [0.15, 0.2) is 101 Å². The highest BCUT2D eigenvalue weighted by molar-refractivity contribution is 6.07. The number of methoxy groups -OCH3 is 2. The Labute approximate surface area is 561 Å². The zero-order valence-corrected chi connectivity index (χ0v) is 56.2. The van der Waals surface area contributed by atoms with Crippen LogP contribution in [-0.4, -0.2) is 180 Å². The molecule has 0 radical (unpaired) electrons. The molecule has 5 N–H and O–H groups in total. The van der Waals surface area contributed by atoms with Gasteiger partial charge in [0.2, 0.25) is 23.6 Å². The van der Waals surface area contributed by atoms with Gasteiger partial charge < -0.3 is 78.8 Å². The van der Waals surface area contributed by atoms with Crippen molar-refractivity contribution in [1.29, 1.82) is 0 Å². The van der Waals surface area contributed by atoms with E-state index in [1.165, 1.54) is 63.9 Å². The summed E-state index contributed by atoms with van der Waals surface area (Å²) in [5.41, 5.74) is 3.60. The quantitative estimate of drug-likeness (QED) is 0.0272. The second-order valence-electron chi connectivity index (χ2n) is 24.4. The molecule has 7 amide bonds. The molecule has 0 bridgehead atoms. The van der Waals surface area contributed by atoms with E-state index in [1.54, 1.807) is 67.6 Å². The maximum absolute atomic E-state index is 14.4. The molecule has 4 heterocycles. The lowest BCUT2D eigenvalue weighted by Gasteiger charge is -2.31. The third kappa shape index (κ3) is 20.5. The molecule has 1 saturated carbocycles. The van der Waals surface area contributed by atoms with Gasteiger partial charge in [-0.05, 0) is 99.3 Å².